The van der Waals surface area contributed by atoms with Gasteiger partial charge >= 0.3 is 5.97 Å². The summed E-state index contributed by atoms with van der Waals surface area (Å²) in [4.78, 5) is 24.0. The molecule has 1 aromatic carbocycles. The predicted molar refractivity (Wildman–Crippen MR) is 139 cm³/mol. The highest BCUT2D eigenvalue weighted by molar-refractivity contribution is 7.11. The molecule has 13 heteroatoms. The number of amidine groups is 1. The second-order valence-corrected chi connectivity index (χ2v) is 10.9. The number of esters is 1. The average molecular weight is 583 g/mol. The number of aliphatic hydroxyl groups is 1. The minimum Gasteiger partial charge on any atom is -0.463 e. The Bertz CT molecular complexity index is 1320. The predicted octanol–water partition coefficient (Wildman–Crippen LogP) is 3.75. The molecule has 4 heterocycles. The van der Waals surface area contributed by atoms with Crippen molar-refractivity contribution in [2.75, 3.05) is 33.0 Å². The molecule has 2 N–H and O–H groups in total. The van der Waals surface area contributed by atoms with Gasteiger partial charge in [-0.15, -0.1) is 11.3 Å². The van der Waals surface area contributed by atoms with E-state index in [0.717, 1.165) is 6.07 Å². The number of carbonyl (C=O) groups excluding carboxylic acids is 1. The van der Waals surface area contributed by atoms with E-state index in [1.54, 1.807) is 23.4 Å². The molecular formula is C27H30F4N4O4S. The normalized spacial score (nSPS) is 26.3. The van der Waals surface area contributed by atoms with Crippen molar-refractivity contribution in [2.24, 2.45) is 10.9 Å². The van der Waals surface area contributed by atoms with Gasteiger partial charge in [-0.3, -0.25) is 9.89 Å². The molecule has 1 aromatic heterocycles. The van der Waals surface area contributed by atoms with E-state index in [-0.39, 0.29) is 74.0 Å². The summed E-state index contributed by atoms with van der Waals surface area (Å²) >= 11 is 1.27. The van der Waals surface area contributed by atoms with Crippen LogP contribution in [-0.4, -0.2) is 77.8 Å². The minimum absolute atomic E-state index is 0.0241. The number of aliphatic imine (C=N–C) groups is 1. The molecule has 2 aromatic rings. The summed E-state index contributed by atoms with van der Waals surface area (Å²) in [6, 6.07) is -0.457. The van der Waals surface area contributed by atoms with Crippen molar-refractivity contribution in [3.05, 3.63) is 62.7 Å². The van der Waals surface area contributed by atoms with Gasteiger partial charge in [0.15, 0.2) is 22.5 Å². The molecule has 0 saturated carbocycles. The Morgan fingerprint density at radius 3 is 2.83 bits per heavy atom. The maximum atomic E-state index is 15.6. The van der Waals surface area contributed by atoms with Crippen LogP contribution in [0.5, 0.6) is 0 Å². The molecule has 2 fully saturated rings. The third kappa shape index (κ3) is 5.15. The van der Waals surface area contributed by atoms with Crippen LogP contribution in [0.2, 0.25) is 0 Å². The van der Waals surface area contributed by atoms with E-state index in [0.29, 0.717) is 5.01 Å². The van der Waals surface area contributed by atoms with Crippen molar-refractivity contribution < 1.29 is 36.9 Å². The summed E-state index contributed by atoms with van der Waals surface area (Å²) in [6.07, 6.45) is 1.65. The molecule has 3 aliphatic rings. The molecular weight excluding hydrogens is 552 g/mol. The second kappa shape index (κ2) is 11.6. The molecule has 0 aliphatic carbocycles. The Morgan fingerprint density at radius 1 is 1.32 bits per heavy atom. The summed E-state index contributed by atoms with van der Waals surface area (Å²) < 4.78 is 70.8. The number of alkyl halides is 2. The fraction of sp³-hybridized carbons (Fsp3) is 0.519. The number of fused-ring (bicyclic) bond motifs is 2. The number of carbonyl (C=O) groups is 1. The van der Waals surface area contributed by atoms with E-state index in [1.165, 1.54) is 24.3 Å². The highest BCUT2D eigenvalue weighted by Gasteiger charge is 2.57. The quantitative estimate of drug-likeness (QED) is 0.362. The molecule has 0 spiro atoms. The monoisotopic (exact) mass is 582 g/mol. The zero-order valence-corrected chi connectivity index (χ0v) is 22.8. The number of morpholine rings is 1. The van der Waals surface area contributed by atoms with Gasteiger partial charge in [-0.25, -0.2) is 27.3 Å². The summed E-state index contributed by atoms with van der Waals surface area (Å²) in [7, 11) is 0. The van der Waals surface area contributed by atoms with E-state index in [2.05, 4.69) is 15.3 Å². The number of aliphatic hydroxyl groups excluding tert-OH is 1. The van der Waals surface area contributed by atoms with Crippen LogP contribution in [0.4, 0.5) is 17.6 Å². The van der Waals surface area contributed by atoms with Crippen molar-refractivity contribution in [1.29, 1.82) is 0 Å². The lowest BCUT2D eigenvalue weighted by Crippen LogP contribution is -2.67. The van der Waals surface area contributed by atoms with Gasteiger partial charge < -0.3 is 19.9 Å². The van der Waals surface area contributed by atoms with Gasteiger partial charge in [0.25, 0.3) is 5.92 Å². The molecule has 216 valence electrons. The number of thiazole rings is 1. The smallest absolute Gasteiger partial charge is 0.338 e. The first-order valence-corrected chi connectivity index (χ1v) is 14.0. The topological polar surface area (TPSA) is 96.3 Å². The van der Waals surface area contributed by atoms with Crippen LogP contribution in [-0.2, 0) is 14.3 Å². The number of nitrogens with zero attached hydrogens (tertiary/aromatic N) is 3. The van der Waals surface area contributed by atoms with Crippen LogP contribution in [0.15, 0.2) is 40.0 Å². The van der Waals surface area contributed by atoms with Gasteiger partial charge in [-0.2, -0.15) is 0 Å². The van der Waals surface area contributed by atoms with Gasteiger partial charge in [0.2, 0.25) is 0 Å². The number of hydrogen-bond acceptors (Lipinski definition) is 9. The number of halogens is 4. The number of nitrogens with one attached hydrogen (secondary N) is 1. The molecule has 4 atom stereocenters. The lowest BCUT2D eigenvalue weighted by molar-refractivity contribution is -0.219. The Kier molecular flexibility index (Phi) is 8.27. The molecule has 4 unspecified atom stereocenters. The maximum absolute atomic E-state index is 15.6. The summed E-state index contributed by atoms with van der Waals surface area (Å²) in [5, 5.41) is 14.7. The fourth-order valence-corrected chi connectivity index (χ4v) is 6.34. The van der Waals surface area contributed by atoms with Crippen molar-refractivity contribution in [1.82, 2.24) is 15.2 Å². The van der Waals surface area contributed by atoms with Crippen LogP contribution in [0.25, 0.3) is 0 Å². The highest BCUT2D eigenvalue weighted by Crippen LogP contribution is 2.45. The average Bonchev–Trinajstić information content (AvgIpc) is 3.46. The first-order valence-electron chi connectivity index (χ1n) is 13.1. The summed E-state index contributed by atoms with van der Waals surface area (Å²) in [5.74, 6) is -6.73. The Balaban J connectivity index is 1.62. The lowest BCUT2D eigenvalue weighted by atomic mass is 9.79. The molecule has 40 heavy (non-hydrogen) atoms. The van der Waals surface area contributed by atoms with Crippen molar-refractivity contribution >= 4 is 23.1 Å². The van der Waals surface area contributed by atoms with Gasteiger partial charge in [0.05, 0.1) is 31.4 Å². The Hall–Kier alpha value is -2.87. The zero-order valence-electron chi connectivity index (χ0n) is 22.0. The zero-order chi connectivity index (χ0) is 28.6. The molecule has 8 nitrogen and oxygen atoms in total. The Labute approximate surface area is 232 Å². The van der Waals surface area contributed by atoms with E-state index >= 15 is 8.78 Å². The van der Waals surface area contributed by atoms with Gasteiger partial charge in [0.1, 0.15) is 6.04 Å². The molecule has 0 amide bonds. The standard InChI is InChI=1S/C27H30F4N4O4S/c1-3-39-26(37)21-19(11-35-16-10-15(6-8-36)27(30,31)20(35)13-38-12-16)33-24(25-32-7-9-40-25)34-23(21)17-4-5-18(28)22(29)14(17)2/h4-5,7,9,15-16,20,23,36H,3,6,8,10-13H2,1-2H3,(H,33,34). The van der Waals surface area contributed by atoms with E-state index < -0.39 is 47.6 Å². The largest absolute Gasteiger partial charge is 0.463 e. The number of aromatic nitrogens is 1. The van der Waals surface area contributed by atoms with Crippen LogP contribution < -0.4 is 5.32 Å². The molecule has 3 aliphatic heterocycles. The number of rotatable bonds is 8. The van der Waals surface area contributed by atoms with Crippen molar-refractivity contribution in [3.8, 4) is 0 Å². The van der Waals surface area contributed by atoms with Crippen molar-refractivity contribution in [2.45, 2.75) is 50.7 Å². The van der Waals surface area contributed by atoms with Crippen LogP contribution in [0.1, 0.15) is 41.9 Å². The van der Waals surface area contributed by atoms with Crippen LogP contribution in [0, 0.1) is 24.5 Å². The minimum atomic E-state index is -3.15. The lowest BCUT2D eigenvalue weighted by Gasteiger charge is -2.52. The van der Waals surface area contributed by atoms with Gasteiger partial charge in [0, 0.05) is 42.4 Å². The summed E-state index contributed by atoms with van der Waals surface area (Å²) in [6.45, 7) is 2.62. The molecule has 5 rings (SSSR count). The number of ether oxygens (including phenoxy) is 2. The molecule has 2 bridgehead atoms. The first kappa shape index (κ1) is 28.7. The van der Waals surface area contributed by atoms with E-state index in [4.69, 9.17) is 9.47 Å². The first-order chi connectivity index (χ1) is 19.2. The fourth-order valence-electron chi connectivity index (χ4n) is 5.75. The highest BCUT2D eigenvalue weighted by atomic mass is 32.1. The van der Waals surface area contributed by atoms with Crippen LogP contribution in [0.3, 0.4) is 0 Å². The third-order valence-electron chi connectivity index (χ3n) is 7.75. The molecule has 2 saturated heterocycles. The summed E-state index contributed by atoms with van der Waals surface area (Å²) in [5.41, 5.74) is 0.500. The van der Waals surface area contributed by atoms with E-state index in [9.17, 15) is 18.7 Å². The van der Waals surface area contributed by atoms with Crippen LogP contribution >= 0.6 is 11.3 Å². The second-order valence-electron chi connectivity index (χ2n) is 10.0. The molecule has 0 radical (unpaired) electrons. The van der Waals surface area contributed by atoms with E-state index in [1.807, 2.05) is 0 Å². The number of benzene rings is 1. The SMILES string of the molecule is CCOC(=O)C1=C(CN2C3COCC2C(F)(F)C(CCO)C3)NC(c2nccs2)=NC1c1ccc(F)c(F)c1C. The number of hydrogen-bond donors (Lipinski definition) is 2. The third-order valence-corrected chi connectivity index (χ3v) is 8.53. The Morgan fingerprint density at radius 2 is 2.12 bits per heavy atom. The number of piperidine rings is 1. The van der Waals surface area contributed by atoms with Gasteiger partial charge in [-0.05, 0) is 43.9 Å². The van der Waals surface area contributed by atoms with Crippen molar-refractivity contribution in [3.63, 3.8) is 0 Å². The van der Waals surface area contributed by atoms with Gasteiger partial charge in [-0.1, -0.05) is 6.07 Å². The maximum Gasteiger partial charge on any atom is 0.338 e.